The molecule has 8 heteroatoms. The minimum atomic E-state index is -3.97. The number of ether oxygens (including phenoxy) is 1. The largest absolute Gasteiger partial charge is 0.495 e. The molecular weight excluding hydrogens is 388 g/mol. The molecule has 144 valence electrons. The second-order valence-electron chi connectivity index (χ2n) is 6.52. The average molecular weight is 409 g/mol. The van der Waals surface area contributed by atoms with Gasteiger partial charge in [-0.05, 0) is 61.7 Å². The second-order valence-corrected chi connectivity index (χ2v) is 8.64. The van der Waals surface area contributed by atoms with E-state index in [4.69, 9.17) is 16.3 Å². The number of anilines is 1. The summed E-state index contributed by atoms with van der Waals surface area (Å²) >= 11 is 5.93. The molecule has 1 saturated heterocycles. The molecule has 0 saturated carbocycles. The third-order valence-electron chi connectivity index (χ3n) is 4.72. The number of aryl methyl sites for hydroxylation is 2. The van der Waals surface area contributed by atoms with Gasteiger partial charge in [0.2, 0.25) is 15.9 Å². The molecule has 0 unspecified atom stereocenters. The second kappa shape index (κ2) is 7.50. The maximum Gasteiger partial charge on any atom is 0.245 e. The van der Waals surface area contributed by atoms with Crippen molar-refractivity contribution < 1.29 is 17.9 Å². The molecule has 1 heterocycles. The van der Waals surface area contributed by atoms with Gasteiger partial charge in [-0.25, -0.2) is 8.42 Å². The number of halogens is 1. The number of methoxy groups -OCH3 is 1. The van der Waals surface area contributed by atoms with Crippen molar-refractivity contribution in [1.82, 2.24) is 4.72 Å². The fourth-order valence-electron chi connectivity index (χ4n) is 3.05. The summed E-state index contributed by atoms with van der Waals surface area (Å²) in [7, 11) is -2.59. The molecule has 1 amide bonds. The van der Waals surface area contributed by atoms with Gasteiger partial charge in [0.25, 0.3) is 0 Å². The van der Waals surface area contributed by atoms with Crippen LogP contribution in [0.2, 0.25) is 5.02 Å². The molecule has 27 heavy (non-hydrogen) atoms. The van der Waals surface area contributed by atoms with Gasteiger partial charge in [-0.3, -0.25) is 4.79 Å². The van der Waals surface area contributed by atoms with Crippen LogP contribution in [-0.4, -0.2) is 34.0 Å². The van der Waals surface area contributed by atoms with Crippen LogP contribution in [0.25, 0.3) is 0 Å². The van der Waals surface area contributed by atoms with Crippen molar-refractivity contribution in [3.05, 3.63) is 52.5 Å². The van der Waals surface area contributed by atoms with Gasteiger partial charge in [0.15, 0.2) is 0 Å². The summed E-state index contributed by atoms with van der Waals surface area (Å²) in [5, 5.41) is 0.269. The first-order valence-electron chi connectivity index (χ1n) is 8.47. The Morgan fingerprint density at radius 1 is 1.15 bits per heavy atom. The van der Waals surface area contributed by atoms with E-state index in [0.717, 1.165) is 16.8 Å². The predicted molar refractivity (Wildman–Crippen MR) is 105 cm³/mol. The lowest BCUT2D eigenvalue weighted by Crippen LogP contribution is -2.41. The van der Waals surface area contributed by atoms with E-state index in [0.29, 0.717) is 13.0 Å². The van der Waals surface area contributed by atoms with E-state index < -0.39 is 16.1 Å². The van der Waals surface area contributed by atoms with Gasteiger partial charge in [-0.15, -0.1) is 0 Å². The van der Waals surface area contributed by atoms with Crippen LogP contribution >= 0.6 is 11.6 Å². The Balaban J connectivity index is 1.83. The van der Waals surface area contributed by atoms with E-state index in [1.54, 1.807) is 11.0 Å². The van der Waals surface area contributed by atoms with Crippen LogP contribution in [0.3, 0.4) is 0 Å². The molecule has 3 rings (SSSR count). The normalized spacial score (nSPS) is 17.4. The summed E-state index contributed by atoms with van der Waals surface area (Å²) in [5.74, 6) is -0.105. The minimum absolute atomic E-state index is 0.0880. The smallest absolute Gasteiger partial charge is 0.245 e. The number of nitrogens with one attached hydrogen (secondary N) is 1. The lowest BCUT2D eigenvalue weighted by Gasteiger charge is -2.19. The van der Waals surface area contributed by atoms with E-state index in [1.165, 1.54) is 19.2 Å². The third-order valence-corrected chi connectivity index (χ3v) is 6.45. The first kappa shape index (κ1) is 19.7. The van der Waals surface area contributed by atoms with E-state index in [1.807, 2.05) is 32.0 Å². The molecule has 0 aliphatic carbocycles. The van der Waals surface area contributed by atoms with Crippen molar-refractivity contribution in [2.45, 2.75) is 31.2 Å². The number of sulfonamides is 1. The topological polar surface area (TPSA) is 75.7 Å². The van der Waals surface area contributed by atoms with Gasteiger partial charge in [0.05, 0.1) is 7.11 Å². The number of amides is 1. The number of rotatable bonds is 5. The van der Waals surface area contributed by atoms with Crippen LogP contribution < -0.4 is 14.4 Å². The third kappa shape index (κ3) is 3.95. The molecule has 0 radical (unpaired) electrons. The van der Waals surface area contributed by atoms with E-state index in [2.05, 4.69) is 4.72 Å². The van der Waals surface area contributed by atoms with Crippen LogP contribution in [0.15, 0.2) is 41.3 Å². The number of hydrogen-bond donors (Lipinski definition) is 1. The molecule has 2 aromatic carbocycles. The lowest BCUT2D eigenvalue weighted by molar-refractivity contribution is -0.118. The molecule has 1 aliphatic heterocycles. The maximum absolute atomic E-state index is 12.8. The van der Waals surface area contributed by atoms with E-state index in [-0.39, 0.29) is 21.6 Å². The van der Waals surface area contributed by atoms with Crippen molar-refractivity contribution in [2.75, 3.05) is 18.6 Å². The fraction of sp³-hybridized carbons (Fsp3) is 0.316. The molecule has 0 bridgehead atoms. The van der Waals surface area contributed by atoms with Crippen LogP contribution in [0, 0.1) is 13.8 Å². The quantitative estimate of drug-likeness (QED) is 0.825. The molecule has 1 atom stereocenters. The molecule has 6 nitrogen and oxygen atoms in total. The molecule has 0 aromatic heterocycles. The first-order valence-corrected chi connectivity index (χ1v) is 10.3. The predicted octanol–water partition coefficient (Wildman–Crippen LogP) is 3.05. The standard InChI is InChI=1S/C19H21ClN2O4S/c1-12-4-6-15(10-13(12)2)22-9-8-16(19(22)23)21-27(24,25)18-11-14(20)5-7-17(18)26-3/h4-7,10-11,16,21H,8-9H2,1-3H3/t16-/m0/s1. The summed E-state index contributed by atoms with van der Waals surface area (Å²) in [4.78, 5) is 14.3. The van der Waals surface area contributed by atoms with Gasteiger partial charge in [0, 0.05) is 17.3 Å². The zero-order chi connectivity index (χ0) is 19.8. The zero-order valence-electron chi connectivity index (χ0n) is 15.3. The molecule has 2 aromatic rings. The fourth-order valence-corrected chi connectivity index (χ4v) is 4.71. The number of benzene rings is 2. The highest BCUT2D eigenvalue weighted by Gasteiger charge is 2.36. The maximum atomic E-state index is 12.8. The molecular formula is C19H21ClN2O4S. The molecule has 1 N–H and O–H groups in total. The molecule has 1 fully saturated rings. The lowest BCUT2D eigenvalue weighted by atomic mass is 10.1. The highest BCUT2D eigenvalue weighted by molar-refractivity contribution is 7.89. The van der Waals surface area contributed by atoms with Gasteiger partial charge < -0.3 is 9.64 Å². The highest BCUT2D eigenvalue weighted by atomic mass is 35.5. The van der Waals surface area contributed by atoms with Crippen molar-refractivity contribution in [3.63, 3.8) is 0 Å². The molecule has 1 aliphatic rings. The number of carbonyl (C=O) groups is 1. The van der Waals surface area contributed by atoms with Crippen LogP contribution in [0.4, 0.5) is 5.69 Å². The Hall–Kier alpha value is -2.09. The van der Waals surface area contributed by atoms with Crippen LogP contribution in [0.1, 0.15) is 17.5 Å². The van der Waals surface area contributed by atoms with Crippen LogP contribution in [0.5, 0.6) is 5.75 Å². The highest BCUT2D eigenvalue weighted by Crippen LogP contribution is 2.29. The summed E-state index contributed by atoms with van der Waals surface area (Å²) in [6.07, 6.45) is 0.383. The van der Waals surface area contributed by atoms with Crippen LogP contribution in [-0.2, 0) is 14.8 Å². The molecule has 0 spiro atoms. The van der Waals surface area contributed by atoms with E-state index >= 15 is 0 Å². The van der Waals surface area contributed by atoms with E-state index in [9.17, 15) is 13.2 Å². The minimum Gasteiger partial charge on any atom is -0.495 e. The summed E-state index contributed by atoms with van der Waals surface area (Å²) in [6.45, 7) is 4.42. The number of carbonyl (C=O) groups excluding carboxylic acids is 1. The van der Waals surface area contributed by atoms with Crippen molar-refractivity contribution in [3.8, 4) is 5.75 Å². The van der Waals surface area contributed by atoms with Gasteiger partial charge >= 0.3 is 0 Å². The number of hydrogen-bond acceptors (Lipinski definition) is 4. The monoisotopic (exact) mass is 408 g/mol. The number of nitrogens with zero attached hydrogens (tertiary/aromatic N) is 1. The van der Waals surface area contributed by atoms with Gasteiger partial charge in [0.1, 0.15) is 16.7 Å². The summed E-state index contributed by atoms with van der Waals surface area (Å²) in [5.41, 5.74) is 2.98. The first-order chi connectivity index (χ1) is 12.7. The van der Waals surface area contributed by atoms with Crippen molar-refractivity contribution >= 4 is 33.2 Å². The summed E-state index contributed by atoms with van der Waals surface area (Å²) in [6, 6.07) is 9.26. The van der Waals surface area contributed by atoms with Gasteiger partial charge in [-0.1, -0.05) is 17.7 Å². The SMILES string of the molecule is COc1ccc(Cl)cc1S(=O)(=O)N[C@H]1CCN(c2ccc(C)c(C)c2)C1=O. The Bertz CT molecular complexity index is 991. The van der Waals surface area contributed by atoms with Gasteiger partial charge in [-0.2, -0.15) is 4.72 Å². The average Bonchev–Trinajstić information content (AvgIpc) is 2.97. The summed E-state index contributed by atoms with van der Waals surface area (Å²) < 4.78 is 33.2. The van der Waals surface area contributed by atoms with Crippen molar-refractivity contribution in [1.29, 1.82) is 0 Å². The van der Waals surface area contributed by atoms with Crippen molar-refractivity contribution in [2.24, 2.45) is 0 Å². The Kier molecular flexibility index (Phi) is 5.46. The Morgan fingerprint density at radius 2 is 1.89 bits per heavy atom. The Morgan fingerprint density at radius 3 is 2.56 bits per heavy atom. The Labute approximate surface area is 164 Å². The zero-order valence-corrected chi connectivity index (χ0v) is 16.9.